The van der Waals surface area contributed by atoms with Gasteiger partial charge in [0.05, 0.1) is 11.1 Å². The highest BCUT2D eigenvalue weighted by Gasteiger charge is 2.15. The van der Waals surface area contributed by atoms with Crippen LogP contribution in [-0.2, 0) is 6.42 Å². The first-order valence-electron chi connectivity index (χ1n) is 7.08. The number of rotatable bonds is 4. The Labute approximate surface area is 129 Å². The van der Waals surface area contributed by atoms with Crippen molar-refractivity contribution in [3.8, 4) is 5.75 Å². The molecule has 114 valence electrons. The minimum atomic E-state index is -1.00. The van der Waals surface area contributed by atoms with Crippen LogP contribution in [-0.4, -0.2) is 17.0 Å². The number of carbonyl (C=O) groups excluding carboxylic acids is 1. The minimum absolute atomic E-state index is 0.182. The summed E-state index contributed by atoms with van der Waals surface area (Å²) < 4.78 is 5.44. The van der Waals surface area contributed by atoms with Crippen molar-refractivity contribution in [3.05, 3.63) is 64.2 Å². The third kappa shape index (κ3) is 3.34. The van der Waals surface area contributed by atoms with Gasteiger partial charge in [-0.3, -0.25) is 0 Å². The molecular weight excluding hydrogens is 280 g/mol. The number of ether oxygens (including phenoxy) is 1. The molecule has 2 aromatic rings. The average molecular weight is 298 g/mol. The molecule has 0 atom stereocenters. The van der Waals surface area contributed by atoms with Crippen molar-refractivity contribution in [1.82, 2.24) is 0 Å². The molecule has 0 bridgehead atoms. The van der Waals surface area contributed by atoms with E-state index in [1.165, 1.54) is 12.1 Å². The van der Waals surface area contributed by atoms with E-state index in [1.54, 1.807) is 26.0 Å². The molecule has 0 aliphatic heterocycles. The van der Waals surface area contributed by atoms with Gasteiger partial charge in [-0.2, -0.15) is 0 Å². The van der Waals surface area contributed by atoms with E-state index in [2.05, 4.69) is 0 Å². The van der Waals surface area contributed by atoms with E-state index in [0.717, 1.165) is 12.0 Å². The lowest BCUT2D eigenvalue weighted by Gasteiger charge is -2.12. The van der Waals surface area contributed by atoms with Crippen LogP contribution in [0.2, 0.25) is 0 Å². The molecule has 0 heterocycles. The van der Waals surface area contributed by atoms with Gasteiger partial charge in [-0.15, -0.1) is 0 Å². The molecule has 2 aromatic carbocycles. The van der Waals surface area contributed by atoms with Crippen molar-refractivity contribution in [2.75, 3.05) is 0 Å². The Kier molecular flexibility index (Phi) is 4.61. The normalized spacial score (nSPS) is 10.3. The van der Waals surface area contributed by atoms with Crippen LogP contribution in [0.5, 0.6) is 5.75 Å². The molecule has 0 spiro atoms. The Balaban J connectivity index is 2.26. The molecule has 0 amide bonds. The van der Waals surface area contributed by atoms with Gasteiger partial charge < -0.3 is 9.84 Å². The number of carbonyl (C=O) groups is 2. The summed E-state index contributed by atoms with van der Waals surface area (Å²) in [6.45, 7) is 5.49. The SMILES string of the molecule is CCc1ccc(C(=O)Oc2c(C)cc(C(=O)O)cc2C)cc1. The zero-order chi connectivity index (χ0) is 16.3. The summed E-state index contributed by atoms with van der Waals surface area (Å²) in [6.07, 6.45) is 0.907. The molecule has 0 aliphatic carbocycles. The number of carboxylic acids is 1. The number of carboxylic acid groups (broad SMARTS) is 1. The van der Waals surface area contributed by atoms with E-state index in [4.69, 9.17) is 9.84 Å². The summed E-state index contributed by atoms with van der Waals surface area (Å²) in [6, 6.07) is 10.2. The number of aryl methyl sites for hydroxylation is 3. The van der Waals surface area contributed by atoms with E-state index < -0.39 is 11.9 Å². The van der Waals surface area contributed by atoms with Gasteiger partial charge in [0, 0.05) is 0 Å². The lowest BCUT2D eigenvalue weighted by atomic mass is 10.1. The highest BCUT2D eigenvalue weighted by atomic mass is 16.5. The quantitative estimate of drug-likeness (QED) is 0.689. The standard InChI is InChI=1S/C18H18O4/c1-4-13-5-7-14(8-6-13)18(21)22-16-11(2)9-15(17(19)20)10-12(16)3/h5-10H,4H2,1-3H3,(H,19,20). The van der Waals surface area contributed by atoms with Gasteiger partial charge in [0.15, 0.2) is 0 Å². The molecule has 2 rings (SSSR count). The molecule has 4 heteroatoms. The van der Waals surface area contributed by atoms with Crippen molar-refractivity contribution in [2.45, 2.75) is 27.2 Å². The zero-order valence-corrected chi connectivity index (χ0v) is 12.8. The van der Waals surface area contributed by atoms with Crippen molar-refractivity contribution >= 4 is 11.9 Å². The highest BCUT2D eigenvalue weighted by Crippen LogP contribution is 2.26. The highest BCUT2D eigenvalue weighted by molar-refractivity contribution is 5.92. The largest absolute Gasteiger partial charge is 0.478 e. The van der Waals surface area contributed by atoms with Crippen LogP contribution in [0, 0.1) is 13.8 Å². The van der Waals surface area contributed by atoms with E-state index in [9.17, 15) is 9.59 Å². The molecule has 0 saturated heterocycles. The smallest absolute Gasteiger partial charge is 0.343 e. The third-order valence-corrected chi connectivity index (χ3v) is 3.50. The van der Waals surface area contributed by atoms with Crippen molar-refractivity contribution in [1.29, 1.82) is 0 Å². The maximum atomic E-state index is 12.2. The molecule has 0 fully saturated rings. The predicted molar refractivity (Wildman–Crippen MR) is 83.7 cm³/mol. The van der Waals surface area contributed by atoms with Crippen LogP contribution < -0.4 is 4.74 Å². The second-order valence-corrected chi connectivity index (χ2v) is 5.18. The van der Waals surface area contributed by atoms with Crippen LogP contribution >= 0.6 is 0 Å². The summed E-state index contributed by atoms with van der Waals surface area (Å²) in [7, 11) is 0. The fraction of sp³-hybridized carbons (Fsp3) is 0.222. The fourth-order valence-electron chi connectivity index (χ4n) is 2.26. The van der Waals surface area contributed by atoms with E-state index in [-0.39, 0.29) is 5.56 Å². The number of hydrogen-bond donors (Lipinski definition) is 1. The maximum Gasteiger partial charge on any atom is 0.343 e. The van der Waals surface area contributed by atoms with Crippen molar-refractivity contribution < 1.29 is 19.4 Å². The minimum Gasteiger partial charge on any atom is -0.478 e. The van der Waals surface area contributed by atoms with E-state index >= 15 is 0 Å². The first-order valence-corrected chi connectivity index (χ1v) is 7.08. The van der Waals surface area contributed by atoms with Gasteiger partial charge in [0.1, 0.15) is 5.75 Å². The first kappa shape index (κ1) is 15.8. The number of benzene rings is 2. The van der Waals surface area contributed by atoms with Gasteiger partial charge in [0.2, 0.25) is 0 Å². The Bertz CT molecular complexity index is 691. The molecule has 0 aromatic heterocycles. The van der Waals surface area contributed by atoms with Crippen LogP contribution in [0.1, 0.15) is 44.3 Å². The van der Waals surface area contributed by atoms with Crippen molar-refractivity contribution in [3.63, 3.8) is 0 Å². The molecule has 1 N–H and O–H groups in total. The van der Waals surface area contributed by atoms with Crippen LogP contribution in [0.4, 0.5) is 0 Å². The van der Waals surface area contributed by atoms with E-state index in [1.807, 2.05) is 19.1 Å². The lowest BCUT2D eigenvalue weighted by Crippen LogP contribution is -2.11. The molecule has 0 radical (unpaired) electrons. The summed E-state index contributed by atoms with van der Waals surface area (Å²) in [4.78, 5) is 23.2. The van der Waals surface area contributed by atoms with Crippen LogP contribution in [0.3, 0.4) is 0 Å². The third-order valence-electron chi connectivity index (χ3n) is 3.50. The van der Waals surface area contributed by atoms with Gasteiger partial charge >= 0.3 is 11.9 Å². The molecule has 4 nitrogen and oxygen atoms in total. The summed E-state index contributed by atoms with van der Waals surface area (Å²) in [5.74, 6) is -1.04. The Hall–Kier alpha value is -2.62. The molecular formula is C18H18O4. The number of hydrogen-bond acceptors (Lipinski definition) is 3. The van der Waals surface area contributed by atoms with Crippen molar-refractivity contribution in [2.24, 2.45) is 0 Å². The Morgan fingerprint density at radius 3 is 2.00 bits per heavy atom. The van der Waals surface area contributed by atoms with Crippen LogP contribution in [0.25, 0.3) is 0 Å². The topological polar surface area (TPSA) is 63.6 Å². The second kappa shape index (κ2) is 6.43. The molecule has 22 heavy (non-hydrogen) atoms. The zero-order valence-electron chi connectivity index (χ0n) is 12.8. The first-order chi connectivity index (χ1) is 10.4. The van der Waals surface area contributed by atoms with Crippen LogP contribution in [0.15, 0.2) is 36.4 Å². The fourth-order valence-corrected chi connectivity index (χ4v) is 2.26. The monoisotopic (exact) mass is 298 g/mol. The number of esters is 1. The molecule has 0 saturated carbocycles. The summed E-state index contributed by atoms with van der Waals surface area (Å²) in [5.41, 5.74) is 3.04. The lowest BCUT2D eigenvalue weighted by molar-refractivity contribution is 0.0696. The van der Waals surface area contributed by atoms with Gasteiger partial charge in [-0.1, -0.05) is 19.1 Å². The van der Waals surface area contributed by atoms with Gasteiger partial charge in [-0.25, -0.2) is 9.59 Å². The molecule has 0 aliphatic rings. The predicted octanol–water partition coefficient (Wildman–Crippen LogP) is 3.78. The number of aromatic carboxylic acids is 1. The maximum absolute atomic E-state index is 12.2. The van der Waals surface area contributed by atoms with Gasteiger partial charge in [-0.05, 0) is 61.2 Å². The summed E-state index contributed by atoms with van der Waals surface area (Å²) >= 11 is 0. The molecule has 0 unspecified atom stereocenters. The Morgan fingerprint density at radius 2 is 1.55 bits per heavy atom. The Morgan fingerprint density at radius 1 is 1.00 bits per heavy atom. The van der Waals surface area contributed by atoms with E-state index in [0.29, 0.717) is 22.4 Å². The average Bonchev–Trinajstić information content (AvgIpc) is 2.50. The van der Waals surface area contributed by atoms with Gasteiger partial charge in [0.25, 0.3) is 0 Å². The summed E-state index contributed by atoms with van der Waals surface area (Å²) in [5, 5.41) is 9.03. The second-order valence-electron chi connectivity index (χ2n) is 5.18.